The first-order valence-corrected chi connectivity index (χ1v) is 19.7. The fourth-order valence-electron chi connectivity index (χ4n) is 9.25. The monoisotopic (exact) mass is 712 g/mol. The Balaban J connectivity index is 1.14. The molecule has 9 rings (SSSR count). The van der Waals surface area contributed by atoms with Crippen LogP contribution in [0.3, 0.4) is 0 Å². The van der Waals surface area contributed by atoms with Gasteiger partial charge in [0.05, 0.1) is 11.6 Å². The standard InChI is InChI=1S/C51H44N4/c1-4-51(30-33(2)14-15-34(3)31-51)41-24-20-36(21-25-41)39-22-26-44-45-27-23-40(29-47(45)43-13-9-8-12-42(43)46(44)28-39)50-54-48(37-10-6-5-7-11-37)53-49(55-50)38-18-16-35(32-52)17-19-38/h5-13,16-29,33-34H,4,14-15,30-31H2,1-3H3/t33-,34+,51?. The Morgan fingerprint density at radius 3 is 1.53 bits per heavy atom. The van der Waals surface area contributed by atoms with Gasteiger partial charge in [0.1, 0.15) is 0 Å². The second-order valence-corrected chi connectivity index (χ2v) is 15.8. The molecule has 55 heavy (non-hydrogen) atoms. The lowest BCUT2D eigenvalue weighted by atomic mass is 9.69. The Morgan fingerprint density at radius 2 is 0.964 bits per heavy atom. The summed E-state index contributed by atoms with van der Waals surface area (Å²) < 4.78 is 0. The minimum atomic E-state index is 0.265. The summed E-state index contributed by atoms with van der Waals surface area (Å²) in [5, 5.41) is 16.6. The highest BCUT2D eigenvalue weighted by Gasteiger charge is 2.36. The van der Waals surface area contributed by atoms with Crippen LogP contribution >= 0.6 is 0 Å². The molecule has 268 valence electrons. The number of aromatic nitrogens is 3. The predicted octanol–water partition coefficient (Wildman–Crippen LogP) is 13.4. The van der Waals surface area contributed by atoms with Gasteiger partial charge < -0.3 is 0 Å². The molecule has 0 N–H and O–H groups in total. The summed E-state index contributed by atoms with van der Waals surface area (Å²) in [7, 11) is 0. The molecule has 1 heterocycles. The van der Waals surface area contributed by atoms with Gasteiger partial charge in [0.25, 0.3) is 0 Å². The molecule has 3 atom stereocenters. The van der Waals surface area contributed by atoms with E-state index in [2.05, 4.69) is 112 Å². The van der Waals surface area contributed by atoms with Crippen LogP contribution in [0.15, 0.2) is 140 Å². The first kappa shape index (κ1) is 34.6. The molecule has 0 bridgehead atoms. The van der Waals surface area contributed by atoms with Crippen molar-refractivity contribution in [3.05, 3.63) is 151 Å². The fraction of sp³-hybridized carbons (Fsp3) is 0.216. The molecular weight excluding hydrogens is 669 g/mol. The molecule has 1 aliphatic carbocycles. The van der Waals surface area contributed by atoms with E-state index in [0.29, 0.717) is 23.0 Å². The average Bonchev–Trinajstić information content (AvgIpc) is 3.41. The van der Waals surface area contributed by atoms with Crippen molar-refractivity contribution in [2.45, 2.75) is 58.3 Å². The lowest BCUT2D eigenvalue weighted by Gasteiger charge is -2.35. The molecule has 0 aliphatic heterocycles. The zero-order valence-electron chi connectivity index (χ0n) is 31.8. The number of nitrogens with zero attached hydrogens (tertiary/aromatic N) is 4. The Hall–Kier alpha value is -6.18. The third kappa shape index (κ3) is 6.44. The number of fused-ring (bicyclic) bond motifs is 6. The normalized spacial score (nSPS) is 18.7. The number of hydrogen-bond donors (Lipinski definition) is 0. The van der Waals surface area contributed by atoms with Gasteiger partial charge in [-0.15, -0.1) is 0 Å². The van der Waals surface area contributed by atoms with Crippen molar-refractivity contribution in [1.29, 1.82) is 5.26 Å². The topological polar surface area (TPSA) is 62.5 Å². The fourth-order valence-corrected chi connectivity index (χ4v) is 9.25. The molecule has 0 saturated heterocycles. The molecular formula is C51H44N4. The summed E-state index contributed by atoms with van der Waals surface area (Å²) in [4.78, 5) is 14.9. The summed E-state index contributed by atoms with van der Waals surface area (Å²) in [6.07, 6.45) is 6.44. The predicted molar refractivity (Wildman–Crippen MR) is 228 cm³/mol. The molecule has 8 aromatic rings. The molecule has 7 aromatic carbocycles. The van der Waals surface area contributed by atoms with E-state index in [-0.39, 0.29) is 5.41 Å². The highest BCUT2D eigenvalue weighted by molar-refractivity contribution is 6.26. The van der Waals surface area contributed by atoms with Gasteiger partial charge in [-0.3, -0.25) is 0 Å². The van der Waals surface area contributed by atoms with Gasteiger partial charge in [-0.25, -0.2) is 15.0 Å². The molecule has 1 unspecified atom stereocenters. The Kier molecular flexibility index (Phi) is 8.95. The molecule has 4 nitrogen and oxygen atoms in total. The zero-order chi connectivity index (χ0) is 37.5. The molecule has 0 amide bonds. The van der Waals surface area contributed by atoms with Crippen LogP contribution in [0.4, 0.5) is 0 Å². The maximum absolute atomic E-state index is 9.37. The molecule has 0 spiro atoms. The van der Waals surface area contributed by atoms with Crippen molar-refractivity contribution >= 4 is 32.3 Å². The van der Waals surface area contributed by atoms with E-state index in [9.17, 15) is 5.26 Å². The molecule has 1 aromatic heterocycles. The smallest absolute Gasteiger partial charge is 0.164 e. The first-order valence-electron chi connectivity index (χ1n) is 19.7. The van der Waals surface area contributed by atoms with Gasteiger partial charge in [-0.1, -0.05) is 137 Å². The SMILES string of the molecule is CCC1(c2ccc(-c3ccc4c5ccc(-c6nc(-c7ccccc7)nc(-c7ccc(C#N)cc7)n6)cc5c5ccccc5c4c3)cc2)C[C@H](C)CC[C@H](C)C1. The van der Waals surface area contributed by atoms with Crippen LogP contribution in [-0.2, 0) is 5.41 Å². The van der Waals surface area contributed by atoms with Crippen LogP contribution < -0.4 is 0 Å². The van der Waals surface area contributed by atoms with Crippen LogP contribution in [0.2, 0.25) is 0 Å². The van der Waals surface area contributed by atoms with E-state index in [1.54, 1.807) is 12.1 Å². The van der Waals surface area contributed by atoms with E-state index >= 15 is 0 Å². The van der Waals surface area contributed by atoms with Gasteiger partial charge in [-0.05, 0) is 122 Å². The summed E-state index contributed by atoms with van der Waals surface area (Å²) in [5.74, 6) is 3.31. The minimum Gasteiger partial charge on any atom is -0.208 e. The lowest BCUT2D eigenvalue weighted by Crippen LogP contribution is -2.28. The number of rotatable bonds is 6. The highest BCUT2D eigenvalue weighted by Crippen LogP contribution is 2.46. The van der Waals surface area contributed by atoms with Crippen molar-refractivity contribution in [3.63, 3.8) is 0 Å². The van der Waals surface area contributed by atoms with E-state index in [0.717, 1.165) is 33.9 Å². The van der Waals surface area contributed by atoms with Crippen molar-refractivity contribution in [2.24, 2.45) is 11.8 Å². The van der Waals surface area contributed by atoms with Crippen LogP contribution in [-0.4, -0.2) is 15.0 Å². The largest absolute Gasteiger partial charge is 0.208 e. The molecule has 4 heteroatoms. The highest BCUT2D eigenvalue weighted by atomic mass is 15.0. The average molecular weight is 713 g/mol. The van der Waals surface area contributed by atoms with Gasteiger partial charge in [0, 0.05) is 16.7 Å². The van der Waals surface area contributed by atoms with E-state index < -0.39 is 0 Å². The van der Waals surface area contributed by atoms with E-state index in [1.165, 1.54) is 75.7 Å². The van der Waals surface area contributed by atoms with Crippen molar-refractivity contribution in [3.8, 4) is 51.4 Å². The van der Waals surface area contributed by atoms with Gasteiger partial charge in [0.2, 0.25) is 0 Å². The Bertz CT molecular complexity index is 2690. The Labute approximate surface area is 323 Å². The molecule has 1 fully saturated rings. The lowest BCUT2D eigenvalue weighted by molar-refractivity contribution is 0.295. The summed E-state index contributed by atoms with van der Waals surface area (Å²) >= 11 is 0. The molecule has 0 radical (unpaired) electrons. The molecule has 1 aliphatic rings. The summed E-state index contributed by atoms with van der Waals surface area (Å²) in [6.45, 7) is 7.29. The summed E-state index contributed by atoms with van der Waals surface area (Å²) in [5.41, 5.74) is 7.54. The first-order chi connectivity index (χ1) is 26.9. The van der Waals surface area contributed by atoms with Crippen LogP contribution in [0.25, 0.3) is 77.6 Å². The van der Waals surface area contributed by atoms with E-state index in [4.69, 9.17) is 15.0 Å². The maximum Gasteiger partial charge on any atom is 0.164 e. The van der Waals surface area contributed by atoms with Crippen LogP contribution in [0.1, 0.15) is 64.0 Å². The van der Waals surface area contributed by atoms with Crippen molar-refractivity contribution in [2.75, 3.05) is 0 Å². The third-order valence-corrected chi connectivity index (χ3v) is 12.2. The quantitative estimate of drug-likeness (QED) is 0.127. The second kappa shape index (κ2) is 14.2. The van der Waals surface area contributed by atoms with Gasteiger partial charge >= 0.3 is 0 Å². The van der Waals surface area contributed by atoms with Crippen LogP contribution in [0.5, 0.6) is 0 Å². The van der Waals surface area contributed by atoms with Crippen LogP contribution in [0, 0.1) is 23.2 Å². The maximum atomic E-state index is 9.37. The zero-order valence-corrected chi connectivity index (χ0v) is 31.8. The number of nitriles is 1. The van der Waals surface area contributed by atoms with Gasteiger partial charge in [-0.2, -0.15) is 5.26 Å². The second-order valence-electron chi connectivity index (χ2n) is 15.8. The molecule has 1 saturated carbocycles. The van der Waals surface area contributed by atoms with Crippen molar-refractivity contribution in [1.82, 2.24) is 15.0 Å². The Morgan fingerprint density at radius 1 is 0.509 bits per heavy atom. The number of benzene rings is 7. The number of hydrogen-bond acceptors (Lipinski definition) is 4. The van der Waals surface area contributed by atoms with E-state index in [1.807, 2.05) is 42.5 Å². The summed E-state index contributed by atoms with van der Waals surface area (Å²) in [6, 6.07) is 51.5. The van der Waals surface area contributed by atoms with Crippen molar-refractivity contribution < 1.29 is 0 Å². The minimum absolute atomic E-state index is 0.265. The van der Waals surface area contributed by atoms with Gasteiger partial charge in [0.15, 0.2) is 17.5 Å². The third-order valence-electron chi connectivity index (χ3n) is 12.2.